The van der Waals surface area contributed by atoms with E-state index < -0.39 is 6.04 Å². The van der Waals surface area contributed by atoms with E-state index in [-0.39, 0.29) is 24.0 Å². The molecule has 4 nitrogen and oxygen atoms in total. The van der Waals surface area contributed by atoms with Crippen molar-refractivity contribution in [3.63, 3.8) is 0 Å². The third kappa shape index (κ3) is 4.29. The van der Waals surface area contributed by atoms with Gasteiger partial charge in [0.1, 0.15) is 17.4 Å². The van der Waals surface area contributed by atoms with E-state index >= 15 is 0 Å². The summed E-state index contributed by atoms with van der Waals surface area (Å²) in [6.45, 7) is 1.74. The van der Waals surface area contributed by atoms with E-state index in [2.05, 4.69) is 10.5 Å². The van der Waals surface area contributed by atoms with E-state index in [1.807, 2.05) is 0 Å². The highest BCUT2D eigenvalue weighted by Crippen LogP contribution is 2.23. The standard InChI is InChI=1S/C19H16F2N2O2/c1-12-10-17(23-25-12)11-18(24)22-19(13-2-6-15(20)7-3-13)14-4-8-16(21)9-5-14/h2-10,19H,11H2,1H3,(H,22,24). The lowest BCUT2D eigenvalue weighted by molar-refractivity contribution is -0.121. The van der Waals surface area contributed by atoms with Gasteiger partial charge in [-0.15, -0.1) is 0 Å². The van der Waals surface area contributed by atoms with Gasteiger partial charge in [-0.1, -0.05) is 29.4 Å². The van der Waals surface area contributed by atoms with Gasteiger partial charge in [0.25, 0.3) is 0 Å². The Morgan fingerprint density at radius 2 is 1.56 bits per heavy atom. The van der Waals surface area contributed by atoms with Gasteiger partial charge < -0.3 is 9.84 Å². The Morgan fingerprint density at radius 3 is 2.00 bits per heavy atom. The van der Waals surface area contributed by atoms with E-state index in [1.54, 1.807) is 37.3 Å². The summed E-state index contributed by atoms with van der Waals surface area (Å²) < 4.78 is 31.4. The maximum absolute atomic E-state index is 13.2. The quantitative estimate of drug-likeness (QED) is 0.769. The fourth-order valence-corrected chi connectivity index (χ4v) is 2.55. The molecule has 0 aliphatic heterocycles. The van der Waals surface area contributed by atoms with E-state index in [0.717, 1.165) is 0 Å². The van der Waals surface area contributed by atoms with Crippen LogP contribution >= 0.6 is 0 Å². The molecule has 0 bridgehead atoms. The molecule has 1 heterocycles. The van der Waals surface area contributed by atoms with Crippen molar-refractivity contribution in [2.75, 3.05) is 0 Å². The molecule has 6 heteroatoms. The summed E-state index contributed by atoms with van der Waals surface area (Å²) >= 11 is 0. The number of halogens is 2. The summed E-state index contributed by atoms with van der Waals surface area (Å²) in [5, 5.41) is 6.68. The Bertz CT molecular complexity index is 812. The summed E-state index contributed by atoms with van der Waals surface area (Å²) in [4.78, 5) is 12.4. The summed E-state index contributed by atoms with van der Waals surface area (Å²) in [7, 11) is 0. The maximum atomic E-state index is 13.2. The van der Waals surface area contributed by atoms with Crippen LogP contribution < -0.4 is 5.32 Å². The van der Waals surface area contributed by atoms with Crippen LogP contribution in [0.2, 0.25) is 0 Å². The molecule has 1 N–H and O–H groups in total. The number of hydrogen-bond acceptors (Lipinski definition) is 3. The topological polar surface area (TPSA) is 55.1 Å². The number of nitrogens with zero attached hydrogens (tertiary/aromatic N) is 1. The number of nitrogens with one attached hydrogen (secondary N) is 1. The lowest BCUT2D eigenvalue weighted by Crippen LogP contribution is -2.30. The molecule has 0 atom stereocenters. The predicted octanol–water partition coefficient (Wildman–Crippen LogP) is 3.71. The first-order chi connectivity index (χ1) is 12.0. The Morgan fingerprint density at radius 1 is 1.04 bits per heavy atom. The maximum Gasteiger partial charge on any atom is 0.226 e. The van der Waals surface area contributed by atoms with Crippen molar-refractivity contribution >= 4 is 5.91 Å². The SMILES string of the molecule is Cc1cc(CC(=O)NC(c2ccc(F)cc2)c2ccc(F)cc2)no1. The largest absolute Gasteiger partial charge is 0.361 e. The molecule has 1 aromatic heterocycles. The molecule has 0 spiro atoms. The number of benzene rings is 2. The Hall–Kier alpha value is -3.02. The highest BCUT2D eigenvalue weighted by atomic mass is 19.1. The van der Waals surface area contributed by atoms with Crippen molar-refractivity contribution in [2.45, 2.75) is 19.4 Å². The van der Waals surface area contributed by atoms with Crippen LogP contribution in [0, 0.1) is 18.6 Å². The van der Waals surface area contributed by atoms with Crippen LogP contribution in [0.5, 0.6) is 0 Å². The number of aryl methyl sites for hydroxylation is 1. The Balaban J connectivity index is 1.84. The van der Waals surface area contributed by atoms with Crippen LogP contribution in [0.3, 0.4) is 0 Å². The van der Waals surface area contributed by atoms with Crippen LogP contribution in [0.15, 0.2) is 59.1 Å². The minimum absolute atomic E-state index is 0.0518. The molecule has 0 aliphatic rings. The summed E-state index contributed by atoms with van der Waals surface area (Å²) in [5.74, 6) is -0.389. The van der Waals surface area contributed by atoms with Crippen LogP contribution in [0.1, 0.15) is 28.6 Å². The van der Waals surface area contributed by atoms with Gasteiger partial charge in [0, 0.05) is 6.07 Å². The number of rotatable bonds is 5. The van der Waals surface area contributed by atoms with E-state index in [9.17, 15) is 13.6 Å². The molecule has 1 amide bonds. The van der Waals surface area contributed by atoms with Gasteiger partial charge in [0.05, 0.1) is 18.2 Å². The number of amides is 1. The zero-order valence-electron chi connectivity index (χ0n) is 13.5. The molecule has 0 aliphatic carbocycles. The van der Waals surface area contributed by atoms with Crippen molar-refractivity contribution in [1.29, 1.82) is 0 Å². The summed E-state index contributed by atoms with van der Waals surface area (Å²) in [5.41, 5.74) is 1.90. The number of aromatic nitrogens is 1. The monoisotopic (exact) mass is 342 g/mol. The van der Waals surface area contributed by atoms with Crippen molar-refractivity contribution in [3.05, 3.63) is 88.8 Å². The van der Waals surface area contributed by atoms with Gasteiger partial charge >= 0.3 is 0 Å². The van der Waals surface area contributed by atoms with Crippen molar-refractivity contribution in [3.8, 4) is 0 Å². The molecule has 128 valence electrons. The van der Waals surface area contributed by atoms with E-state index in [4.69, 9.17) is 4.52 Å². The molecule has 3 aromatic rings. The van der Waals surface area contributed by atoms with Crippen molar-refractivity contribution < 1.29 is 18.1 Å². The molecule has 0 saturated carbocycles. The Labute approximate surface area is 143 Å². The van der Waals surface area contributed by atoms with Gasteiger partial charge in [-0.25, -0.2) is 8.78 Å². The average molecular weight is 342 g/mol. The molecule has 0 unspecified atom stereocenters. The Kier molecular flexibility index (Phi) is 4.88. The third-order valence-electron chi connectivity index (χ3n) is 3.73. The molecule has 0 radical (unpaired) electrons. The predicted molar refractivity (Wildman–Crippen MR) is 87.7 cm³/mol. The molecule has 25 heavy (non-hydrogen) atoms. The first-order valence-corrected chi connectivity index (χ1v) is 7.74. The molecule has 0 saturated heterocycles. The average Bonchev–Trinajstić information content (AvgIpc) is 2.99. The van der Waals surface area contributed by atoms with Gasteiger partial charge in [0.2, 0.25) is 5.91 Å². The minimum atomic E-state index is -0.526. The first kappa shape index (κ1) is 16.8. The zero-order chi connectivity index (χ0) is 17.8. The van der Waals surface area contributed by atoms with Gasteiger partial charge in [-0.3, -0.25) is 4.79 Å². The number of carbonyl (C=O) groups is 1. The van der Waals surface area contributed by atoms with Crippen LogP contribution in [-0.2, 0) is 11.2 Å². The lowest BCUT2D eigenvalue weighted by atomic mass is 9.98. The highest BCUT2D eigenvalue weighted by molar-refractivity contribution is 5.79. The number of carbonyl (C=O) groups excluding carboxylic acids is 1. The fraction of sp³-hybridized carbons (Fsp3) is 0.158. The van der Waals surface area contributed by atoms with Gasteiger partial charge in [-0.2, -0.15) is 0 Å². The molecule has 2 aromatic carbocycles. The van der Waals surface area contributed by atoms with Crippen molar-refractivity contribution in [1.82, 2.24) is 10.5 Å². The lowest BCUT2D eigenvalue weighted by Gasteiger charge is -2.20. The second-order valence-corrected chi connectivity index (χ2v) is 5.71. The summed E-state index contributed by atoms with van der Waals surface area (Å²) in [6, 6.07) is 12.8. The normalized spacial score (nSPS) is 10.9. The van der Waals surface area contributed by atoms with E-state index in [0.29, 0.717) is 22.6 Å². The van der Waals surface area contributed by atoms with Crippen molar-refractivity contribution in [2.24, 2.45) is 0 Å². The van der Waals surface area contributed by atoms with E-state index in [1.165, 1.54) is 24.3 Å². The third-order valence-corrected chi connectivity index (χ3v) is 3.73. The highest BCUT2D eigenvalue weighted by Gasteiger charge is 2.18. The second kappa shape index (κ2) is 7.25. The molecular weight excluding hydrogens is 326 g/mol. The first-order valence-electron chi connectivity index (χ1n) is 7.74. The van der Waals surface area contributed by atoms with Crippen LogP contribution in [0.25, 0.3) is 0 Å². The van der Waals surface area contributed by atoms with Gasteiger partial charge in [-0.05, 0) is 42.3 Å². The van der Waals surface area contributed by atoms with Gasteiger partial charge in [0.15, 0.2) is 0 Å². The molecular formula is C19H16F2N2O2. The smallest absolute Gasteiger partial charge is 0.226 e. The fourth-order valence-electron chi connectivity index (χ4n) is 2.55. The second-order valence-electron chi connectivity index (χ2n) is 5.71. The zero-order valence-corrected chi connectivity index (χ0v) is 13.5. The number of hydrogen-bond donors (Lipinski definition) is 1. The molecule has 0 fully saturated rings. The van der Waals surface area contributed by atoms with Crippen LogP contribution in [0.4, 0.5) is 8.78 Å². The van der Waals surface area contributed by atoms with Crippen LogP contribution in [-0.4, -0.2) is 11.1 Å². The molecule has 3 rings (SSSR count). The summed E-state index contributed by atoms with van der Waals surface area (Å²) in [6.07, 6.45) is 0.0518. The minimum Gasteiger partial charge on any atom is -0.361 e.